The van der Waals surface area contributed by atoms with Gasteiger partial charge in [0.05, 0.1) is 5.56 Å². The van der Waals surface area contributed by atoms with E-state index in [2.05, 4.69) is 0 Å². The Morgan fingerprint density at radius 3 is 2.40 bits per heavy atom. The van der Waals surface area contributed by atoms with Crippen LogP contribution < -0.4 is 0 Å². The molecule has 0 saturated carbocycles. The van der Waals surface area contributed by atoms with Crippen molar-refractivity contribution in [2.75, 3.05) is 14.1 Å². The number of carbonyl (C=O) groups is 1. The van der Waals surface area contributed by atoms with Crippen molar-refractivity contribution >= 4 is 27.8 Å². The fraction of sp³-hybridized carbons (Fsp3) is 0.267. The third-order valence-corrected chi connectivity index (χ3v) is 5.44. The number of sulfonamides is 1. The molecule has 6 nitrogen and oxygen atoms in total. The minimum absolute atomic E-state index is 0.165. The van der Waals surface area contributed by atoms with Gasteiger partial charge in [-0.25, -0.2) is 17.5 Å². The van der Waals surface area contributed by atoms with Crippen LogP contribution in [0, 0.1) is 0 Å². The Kier molecular flexibility index (Phi) is 6.20. The molecule has 0 radical (unpaired) electrons. The standard InChI is InChI=1S/C15H15F2NO5S2/c1-18(2)25(20,21)13-8-5-11(23-13)9-22-14(19)10-3-6-12(7-4-10)24-15(16)17/h3-8,15H,9H2,1-2H3. The molecule has 0 N–H and O–H groups in total. The highest BCUT2D eigenvalue weighted by atomic mass is 32.2. The van der Waals surface area contributed by atoms with E-state index in [-0.39, 0.29) is 23.0 Å². The molecule has 1 aromatic heterocycles. The second-order valence-electron chi connectivity index (χ2n) is 4.99. The Morgan fingerprint density at radius 1 is 1.20 bits per heavy atom. The fourth-order valence-electron chi connectivity index (χ4n) is 1.75. The molecule has 2 aromatic rings. The molecule has 0 saturated heterocycles. The first-order chi connectivity index (χ1) is 11.7. The zero-order chi connectivity index (χ0) is 18.6. The van der Waals surface area contributed by atoms with Crippen molar-refractivity contribution in [3.63, 3.8) is 0 Å². The minimum atomic E-state index is -3.70. The van der Waals surface area contributed by atoms with Crippen molar-refractivity contribution in [1.82, 2.24) is 4.31 Å². The highest BCUT2D eigenvalue weighted by molar-refractivity contribution is 7.99. The molecule has 0 amide bonds. The minimum Gasteiger partial charge on any atom is -0.454 e. The lowest BCUT2D eigenvalue weighted by atomic mass is 10.2. The predicted molar refractivity (Wildman–Crippen MR) is 87.0 cm³/mol. The number of nitrogens with zero attached hydrogens (tertiary/aromatic N) is 1. The lowest BCUT2D eigenvalue weighted by Gasteiger charge is -2.08. The van der Waals surface area contributed by atoms with Gasteiger partial charge in [0.2, 0.25) is 5.09 Å². The van der Waals surface area contributed by atoms with Crippen molar-refractivity contribution in [3.8, 4) is 0 Å². The SMILES string of the molecule is CN(C)S(=O)(=O)c1ccc(COC(=O)c2ccc(SC(F)F)cc2)o1. The quantitative estimate of drug-likeness (QED) is 0.533. The third-order valence-electron chi connectivity index (χ3n) is 3.03. The number of esters is 1. The Hall–Kier alpha value is -1.91. The van der Waals surface area contributed by atoms with Crippen LogP contribution in [0.1, 0.15) is 16.1 Å². The molecule has 0 unspecified atom stereocenters. The predicted octanol–water partition coefficient (Wildman–Crippen LogP) is 3.20. The number of rotatable bonds is 7. The zero-order valence-corrected chi connectivity index (χ0v) is 14.9. The van der Waals surface area contributed by atoms with Crippen LogP contribution in [-0.4, -0.2) is 38.5 Å². The third kappa shape index (κ3) is 5.03. The molecule has 0 fully saturated rings. The normalized spacial score (nSPS) is 11.9. The Bertz CT molecular complexity index is 832. The average Bonchev–Trinajstić information content (AvgIpc) is 3.02. The average molecular weight is 391 g/mol. The topological polar surface area (TPSA) is 76.8 Å². The highest BCUT2D eigenvalue weighted by Crippen LogP contribution is 2.25. The van der Waals surface area contributed by atoms with Crippen LogP contribution in [0.2, 0.25) is 0 Å². The van der Waals surface area contributed by atoms with Crippen LogP contribution in [0.25, 0.3) is 0 Å². The molecular formula is C15H15F2NO5S2. The Labute approximate surface area is 147 Å². The number of thioether (sulfide) groups is 1. The first kappa shape index (κ1) is 19.4. The Morgan fingerprint density at radius 2 is 1.84 bits per heavy atom. The van der Waals surface area contributed by atoms with Crippen LogP contribution in [0.5, 0.6) is 0 Å². The molecule has 2 rings (SSSR count). The van der Waals surface area contributed by atoms with Crippen molar-refractivity contribution in [2.24, 2.45) is 0 Å². The van der Waals surface area contributed by atoms with Crippen LogP contribution in [-0.2, 0) is 21.4 Å². The number of halogens is 2. The molecule has 1 heterocycles. The molecule has 0 bridgehead atoms. The molecule has 0 aliphatic heterocycles. The molecular weight excluding hydrogens is 376 g/mol. The summed E-state index contributed by atoms with van der Waals surface area (Å²) < 4.78 is 59.4. The van der Waals surface area contributed by atoms with Crippen molar-refractivity contribution < 1.29 is 31.1 Å². The van der Waals surface area contributed by atoms with Gasteiger partial charge in [0, 0.05) is 19.0 Å². The summed E-state index contributed by atoms with van der Waals surface area (Å²) in [6, 6.07) is 8.19. The van der Waals surface area contributed by atoms with Crippen molar-refractivity contribution in [3.05, 3.63) is 47.7 Å². The number of ether oxygens (including phenoxy) is 1. The van der Waals surface area contributed by atoms with Gasteiger partial charge in [-0.3, -0.25) is 0 Å². The first-order valence-electron chi connectivity index (χ1n) is 6.93. The second-order valence-corrected chi connectivity index (χ2v) is 8.13. The van der Waals surface area contributed by atoms with E-state index in [0.29, 0.717) is 16.7 Å². The molecule has 0 spiro atoms. The summed E-state index contributed by atoms with van der Waals surface area (Å²) >= 11 is 0.375. The summed E-state index contributed by atoms with van der Waals surface area (Å²) in [5.41, 5.74) is 0.186. The van der Waals surface area contributed by atoms with E-state index in [4.69, 9.17) is 9.15 Å². The van der Waals surface area contributed by atoms with Gasteiger partial charge < -0.3 is 9.15 Å². The smallest absolute Gasteiger partial charge is 0.338 e. The van der Waals surface area contributed by atoms with Crippen LogP contribution in [0.4, 0.5) is 8.78 Å². The first-order valence-corrected chi connectivity index (χ1v) is 9.25. The van der Waals surface area contributed by atoms with Crippen LogP contribution >= 0.6 is 11.8 Å². The summed E-state index contributed by atoms with van der Waals surface area (Å²) in [5.74, 6) is -3.05. The Balaban J connectivity index is 1.97. The maximum absolute atomic E-state index is 12.2. The number of hydrogen-bond donors (Lipinski definition) is 0. The number of benzene rings is 1. The summed E-state index contributed by atoms with van der Waals surface area (Å²) in [4.78, 5) is 12.2. The molecule has 25 heavy (non-hydrogen) atoms. The summed E-state index contributed by atoms with van der Waals surface area (Å²) in [7, 11) is -0.962. The molecule has 136 valence electrons. The van der Waals surface area contributed by atoms with Crippen LogP contribution in [0.3, 0.4) is 0 Å². The second kappa shape index (κ2) is 7.98. The van der Waals surface area contributed by atoms with Gasteiger partial charge >= 0.3 is 5.97 Å². The van der Waals surface area contributed by atoms with E-state index in [1.165, 1.54) is 50.5 Å². The van der Waals surface area contributed by atoms with Crippen molar-refractivity contribution in [2.45, 2.75) is 22.4 Å². The van der Waals surface area contributed by atoms with Crippen LogP contribution in [0.15, 0.2) is 50.8 Å². The van der Waals surface area contributed by atoms with Gasteiger partial charge in [-0.05, 0) is 36.4 Å². The molecule has 0 atom stereocenters. The molecule has 10 heteroatoms. The van der Waals surface area contributed by atoms with E-state index in [1.54, 1.807) is 0 Å². The monoisotopic (exact) mass is 391 g/mol. The lowest BCUT2D eigenvalue weighted by molar-refractivity contribution is 0.0440. The van der Waals surface area contributed by atoms with Gasteiger partial charge in [0.1, 0.15) is 12.4 Å². The maximum Gasteiger partial charge on any atom is 0.338 e. The summed E-state index contributed by atoms with van der Waals surface area (Å²) in [6.45, 7) is -0.255. The van der Waals surface area contributed by atoms with Gasteiger partial charge in [0.25, 0.3) is 15.8 Å². The van der Waals surface area contributed by atoms with Crippen molar-refractivity contribution in [1.29, 1.82) is 0 Å². The summed E-state index contributed by atoms with van der Waals surface area (Å²) in [6.07, 6.45) is 0. The van der Waals surface area contributed by atoms with E-state index >= 15 is 0 Å². The van der Waals surface area contributed by atoms with Gasteiger partial charge in [-0.15, -0.1) is 0 Å². The molecule has 0 aliphatic carbocycles. The highest BCUT2D eigenvalue weighted by Gasteiger charge is 2.22. The lowest BCUT2D eigenvalue weighted by Crippen LogP contribution is -2.21. The fourth-order valence-corrected chi connectivity index (χ4v) is 3.06. The van der Waals surface area contributed by atoms with E-state index in [1.807, 2.05) is 0 Å². The zero-order valence-electron chi connectivity index (χ0n) is 13.3. The van der Waals surface area contributed by atoms with E-state index in [0.717, 1.165) is 4.31 Å². The molecule has 0 aliphatic rings. The van der Waals surface area contributed by atoms with Gasteiger partial charge in [0.15, 0.2) is 0 Å². The van der Waals surface area contributed by atoms with E-state index in [9.17, 15) is 22.0 Å². The summed E-state index contributed by atoms with van der Waals surface area (Å²) in [5, 5.41) is -0.253. The van der Waals surface area contributed by atoms with Gasteiger partial charge in [-0.2, -0.15) is 8.78 Å². The number of hydrogen-bond acceptors (Lipinski definition) is 6. The van der Waals surface area contributed by atoms with Gasteiger partial charge in [-0.1, -0.05) is 11.8 Å². The molecule has 1 aromatic carbocycles. The number of alkyl halides is 2. The number of furan rings is 1. The van der Waals surface area contributed by atoms with E-state index < -0.39 is 21.8 Å². The number of carbonyl (C=O) groups excluding carboxylic acids is 1. The largest absolute Gasteiger partial charge is 0.454 e. The maximum atomic E-state index is 12.2.